The van der Waals surface area contributed by atoms with Crippen LogP contribution in [0.15, 0.2) is 18.3 Å². The van der Waals surface area contributed by atoms with Crippen LogP contribution in [0.3, 0.4) is 0 Å². The Morgan fingerprint density at radius 1 is 1.41 bits per heavy atom. The molecule has 17 heavy (non-hydrogen) atoms. The highest BCUT2D eigenvalue weighted by Crippen LogP contribution is 2.26. The number of hydrogen-bond donors (Lipinski definition) is 2. The number of nitrogen functional groups attached to an aromatic ring is 1. The van der Waals surface area contributed by atoms with Crippen LogP contribution >= 0.6 is 0 Å². The fraction of sp³-hybridized carbons (Fsp3) is 0.643. The second-order valence-corrected chi connectivity index (χ2v) is 5.14. The van der Waals surface area contributed by atoms with E-state index in [1.807, 2.05) is 12.3 Å². The van der Waals surface area contributed by atoms with Crippen molar-refractivity contribution in [2.24, 2.45) is 0 Å². The lowest BCUT2D eigenvalue weighted by Crippen LogP contribution is -2.46. The van der Waals surface area contributed by atoms with Crippen LogP contribution in [0.5, 0.6) is 0 Å². The third-order valence-corrected chi connectivity index (χ3v) is 3.90. The largest absolute Gasteiger partial charge is 0.384 e. The van der Waals surface area contributed by atoms with Gasteiger partial charge in [0.2, 0.25) is 0 Å². The fourth-order valence-corrected chi connectivity index (χ4v) is 2.78. The van der Waals surface area contributed by atoms with E-state index in [4.69, 9.17) is 5.73 Å². The predicted molar refractivity (Wildman–Crippen MR) is 71.8 cm³/mol. The summed E-state index contributed by atoms with van der Waals surface area (Å²) in [6.07, 6.45) is 9.32. The van der Waals surface area contributed by atoms with Gasteiger partial charge >= 0.3 is 0 Å². The minimum absolute atomic E-state index is 0.268. The van der Waals surface area contributed by atoms with E-state index < -0.39 is 0 Å². The molecule has 1 atom stereocenters. The van der Waals surface area contributed by atoms with Crippen molar-refractivity contribution in [3.05, 3.63) is 23.9 Å². The van der Waals surface area contributed by atoms with Crippen LogP contribution in [0.1, 0.15) is 44.6 Å². The second kappa shape index (κ2) is 5.50. The molecule has 2 rings (SSSR count). The highest BCUT2D eigenvalue weighted by atomic mass is 15.0. The molecule has 1 aliphatic heterocycles. The van der Waals surface area contributed by atoms with Crippen molar-refractivity contribution < 1.29 is 0 Å². The van der Waals surface area contributed by atoms with Gasteiger partial charge in [-0.1, -0.05) is 19.8 Å². The highest BCUT2D eigenvalue weighted by Gasteiger charge is 2.28. The van der Waals surface area contributed by atoms with E-state index in [2.05, 4.69) is 23.3 Å². The van der Waals surface area contributed by atoms with Crippen molar-refractivity contribution in [2.45, 2.75) is 51.0 Å². The van der Waals surface area contributed by atoms with Crippen molar-refractivity contribution in [3.63, 3.8) is 0 Å². The van der Waals surface area contributed by atoms with Crippen LogP contribution in [-0.4, -0.2) is 17.1 Å². The zero-order valence-corrected chi connectivity index (χ0v) is 10.7. The molecule has 0 aliphatic carbocycles. The first kappa shape index (κ1) is 12.4. The summed E-state index contributed by atoms with van der Waals surface area (Å²) in [5, 5.41) is 3.75. The lowest BCUT2D eigenvalue weighted by Gasteiger charge is -2.33. The summed E-state index contributed by atoms with van der Waals surface area (Å²) < 4.78 is 0. The number of pyridine rings is 1. The lowest BCUT2D eigenvalue weighted by atomic mass is 9.84. The molecule has 0 saturated carbocycles. The number of nitrogens with zero attached hydrogens (tertiary/aromatic N) is 1. The monoisotopic (exact) mass is 233 g/mol. The lowest BCUT2D eigenvalue weighted by molar-refractivity contribution is 0.302. The maximum Gasteiger partial charge on any atom is 0.123 e. The van der Waals surface area contributed by atoms with Crippen molar-refractivity contribution >= 4 is 5.82 Å². The molecule has 0 radical (unpaired) electrons. The maximum absolute atomic E-state index is 5.75. The van der Waals surface area contributed by atoms with E-state index in [-0.39, 0.29) is 5.54 Å². The van der Waals surface area contributed by atoms with Gasteiger partial charge in [0.15, 0.2) is 0 Å². The molecule has 0 bridgehead atoms. The highest BCUT2D eigenvalue weighted by molar-refractivity contribution is 5.32. The summed E-state index contributed by atoms with van der Waals surface area (Å²) in [6.45, 7) is 3.43. The van der Waals surface area contributed by atoms with E-state index in [0.717, 1.165) is 13.0 Å². The first-order valence-electron chi connectivity index (χ1n) is 6.69. The van der Waals surface area contributed by atoms with Crippen LogP contribution < -0.4 is 11.1 Å². The summed E-state index contributed by atoms with van der Waals surface area (Å²) in [7, 11) is 0. The molecule has 1 aromatic heterocycles. The summed E-state index contributed by atoms with van der Waals surface area (Å²) in [5.74, 6) is 0.627. The molecule has 1 aromatic rings. The molecule has 94 valence electrons. The SMILES string of the molecule is CCC1(Cc2ccnc(N)c2)CCCCCN1. The van der Waals surface area contributed by atoms with Gasteiger partial charge in [0.25, 0.3) is 0 Å². The van der Waals surface area contributed by atoms with Crippen molar-refractivity contribution in [1.29, 1.82) is 0 Å². The maximum atomic E-state index is 5.75. The Hall–Kier alpha value is -1.09. The van der Waals surface area contributed by atoms with Crippen LogP contribution in [0.4, 0.5) is 5.82 Å². The molecule has 2 heterocycles. The van der Waals surface area contributed by atoms with E-state index in [1.54, 1.807) is 0 Å². The molecule has 1 fully saturated rings. The number of anilines is 1. The third-order valence-electron chi connectivity index (χ3n) is 3.90. The Kier molecular flexibility index (Phi) is 4.00. The van der Waals surface area contributed by atoms with Gasteiger partial charge in [-0.15, -0.1) is 0 Å². The van der Waals surface area contributed by atoms with Crippen molar-refractivity contribution in [1.82, 2.24) is 10.3 Å². The fourth-order valence-electron chi connectivity index (χ4n) is 2.78. The number of nitrogens with two attached hydrogens (primary N) is 1. The van der Waals surface area contributed by atoms with Gasteiger partial charge in [0.05, 0.1) is 0 Å². The van der Waals surface area contributed by atoms with Gasteiger partial charge in [0, 0.05) is 11.7 Å². The normalized spacial score (nSPS) is 25.5. The molecular weight excluding hydrogens is 210 g/mol. The first-order valence-corrected chi connectivity index (χ1v) is 6.69. The van der Waals surface area contributed by atoms with E-state index in [9.17, 15) is 0 Å². The average molecular weight is 233 g/mol. The van der Waals surface area contributed by atoms with Crippen molar-refractivity contribution in [2.75, 3.05) is 12.3 Å². The number of hydrogen-bond acceptors (Lipinski definition) is 3. The summed E-state index contributed by atoms with van der Waals surface area (Å²) in [5.41, 5.74) is 7.32. The molecule has 3 nitrogen and oxygen atoms in total. The quantitative estimate of drug-likeness (QED) is 0.843. The van der Waals surface area contributed by atoms with Gasteiger partial charge in [-0.25, -0.2) is 4.98 Å². The molecule has 1 aliphatic rings. The average Bonchev–Trinajstić information content (AvgIpc) is 2.55. The van der Waals surface area contributed by atoms with Crippen LogP contribution in [0.25, 0.3) is 0 Å². The summed E-state index contributed by atoms with van der Waals surface area (Å²) in [4.78, 5) is 4.06. The molecule has 0 amide bonds. The molecule has 1 saturated heterocycles. The Morgan fingerprint density at radius 3 is 3.06 bits per heavy atom. The van der Waals surface area contributed by atoms with Crippen molar-refractivity contribution in [3.8, 4) is 0 Å². The van der Waals surface area contributed by atoms with E-state index >= 15 is 0 Å². The van der Waals surface area contributed by atoms with Crippen LogP contribution in [-0.2, 0) is 6.42 Å². The molecular formula is C14H23N3. The molecule has 3 N–H and O–H groups in total. The van der Waals surface area contributed by atoms with Gasteiger partial charge < -0.3 is 11.1 Å². The minimum atomic E-state index is 0.268. The zero-order chi connectivity index (χ0) is 12.1. The van der Waals surface area contributed by atoms with Gasteiger partial charge in [-0.2, -0.15) is 0 Å². The third kappa shape index (κ3) is 3.19. The van der Waals surface area contributed by atoms with E-state index in [1.165, 1.54) is 37.7 Å². The smallest absolute Gasteiger partial charge is 0.123 e. The second-order valence-electron chi connectivity index (χ2n) is 5.14. The predicted octanol–water partition coefficient (Wildman–Crippen LogP) is 2.52. The zero-order valence-electron chi connectivity index (χ0n) is 10.7. The molecule has 3 heteroatoms. The Balaban J connectivity index is 2.12. The Bertz CT molecular complexity index is 354. The number of aromatic nitrogens is 1. The summed E-state index contributed by atoms with van der Waals surface area (Å²) >= 11 is 0. The number of nitrogens with one attached hydrogen (secondary N) is 1. The standard InChI is InChI=1S/C14H23N3/c1-2-14(7-4-3-5-8-17-14)11-12-6-9-16-13(15)10-12/h6,9-10,17H,2-5,7-8,11H2,1H3,(H2,15,16). The Labute approximate surface area is 104 Å². The van der Waals surface area contributed by atoms with Crippen LogP contribution in [0.2, 0.25) is 0 Å². The molecule has 0 spiro atoms. The first-order chi connectivity index (χ1) is 8.24. The van der Waals surface area contributed by atoms with Gasteiger partial charge in [-0.3, -0.25) is 0 Å². The molecule has 0 aromatic carbocycles. The van der Waals surface area contributed by atoms with E-state index in [0.29, 0.717) is 5.82 Å². The van der Waals surface area contributed by atoms with Gasteiger partial charge in [0.1, 0.15) is 5.82 Å². The minimum Gasteiger partial charge on any atom is -0.384 e. The summed E-state index contributed by atoms with van der Waals surface area (Å²) in [6, 6.07) is 4.09. The van der Waals surface area contributed by atoms with Gasteiger partial charge in [-0.05, 0) is 49.9 Å². The topological polar surface area (TPSA) is 50.9 Å². The Morgan fingerprint density at radius 2 is 2.29 bits per heavy atom. The number of rotatable bonds is 3. The van der Waals surface area contributed by atoms with Crippen LogP contribution in [0, 0.1) is 0 Å². The molecule has 1 unspecified atom stereocenters.